The number of rotatable bonds is 7. The molecule has 2 amide bonds. The smallest absolute Gasteiger partial charge is 0.315 e. The second kappa shape index (κ2) is 8.19. The fraction of sp³-hybridized carbons (Fsp3) is 0.312. The van der Waals surface area contributed by atoms with Crippen LogP contribution in [-0.4, -0.2) is 24.3 Å². The van der Waals surface area contributed by atoms with Gasteiger partial charge in [0.05, 0.1) is 19.4 Å². The van der Waals surface area contributed by atoms with E-state index in [9.17, 15) is 14.3 Å². The molecule has 1 aromatic carbocycles. The second-order valence-corrected chi connectivity index (χ2v) is 4.79. The summed E-state index contributed by atoms with van der Waals surface area (Å²) >= 11 is 0. The van der Waals surface area contributed by atoms with Crippen LogP contribution in [0.3, 0.4) is 0 Å². The van der Waals surface area contributed by atoms with Gasteiger partial charge in [0.25, 0.3) is 0 Å². The number of hydrogen-bond donors (Lipinski definition) is 3. The fourth-order valence-corrected chi connectivity index (χ4v) is 1.94. The third-order valence-corrected chi connectivity index (χ3v) is 3.08. The molecule has 0 aliphatic rings. The van der Waals surface area contributed by atoms with E-state index in [4.69, 9.17) is 9.15 Å². The number of urea groups is 1. The molecular weight excluding hydrogens is 303 g/mol. The molecule has 0 fully saturated rings. The van der Waals surface area contributed by atoms with Gasteiger partial charge in [-0.25, -0.2) is 9.18 Å². The molecule has 2 aromatic rings. The molecule has 7 heteroatoms. The Kier molecular flexibility index (Phi) is 5.99. The quantitative estimate of drug-likeness (QED) is 0.730. The lowest BCUT2D eigenvalue weighted by atomic mass is 10.2. The molecule has 6 nitrogen and oxygen atoms in total. The molecule has 1 aromatic heterocycles. The molecule has 1 atom stereocenters. The average molecular weight is 322 g/mol. The first-order valence-corrected chi connectivity index (χ1v) is 7.24. The highest BCUT2D eigenvalue weighted by atomic mass is 19.1. The lowest BCUT2D eigenvalue weighted by Gasteiger charge is -2.11. The van der Waals surface area contributed by atoms with Gasteiger partial charge in [0.2, 0.25) is 0 Å². The molecule has 124 valence electrons. The molecule has 1 heterocycles. The summed E-state index contributed by atoms with van der Waals surface area (Å²) in [7, 11) is 0. The zero-order valence-electron chi connectivity index (χ0n) is 12.7. The van der Waals surface area contributed by atoms with E-state index in [1.807, 2.05) is 0 Å². The van der Waals surface area contributed by atoms with Crippen LogP contribution in [0.15, 0.2) is 41.0 Å². The SMILES string of the molecule is CCOc1ccc(CNC(=O)NCC(O)c2ccco2)cc1F. The Labute approximate surface area is 133 Å². The number of aliphatic hydroxyl groups is 1. The molecule has 1 unspecified atom stereocenters. The molecule has 0 spiro atoms. The number of nitrogens with one attached hydrogen (secondary N) is 2. The Morgan fingerprint density at radius 3 is 2.87 bits per heavy atom. The van der Waals surface area contributed by atoms with Crippen molar-refractivity contribution in [1.82, 2.24) is 10.6 Å². The van der Waals surface area contributed by atoms with Crippen molar-refractivity contribution in [3.63, 3.8) is 0 Å². The fourth-order valence-electron chi connectivity index (χ4n) is 1.94. The number of hydrogen-bond acceptors (Lipinski definition) is 4. The van der Waals surface area contributed by atoms with E-state index >= 15 is 0 Å². The highest BCUT2D eigenvalue weighted by molar-refractivity contribution is 5.73. The van der Waals surface area contributed by atoms with Gasteiger partial charge >= 0.3 is 6.03 Å². The van der Waals surface area contributed by atoms with Gasteiger partial charge in [0.15, 0.2) is 11.6 Å². The van der Waals surface area contributed by atoms with E-state index in [1.165, 1.54) is 18.4 Å². The highest BCUT2D eigenvalue weighted by Crippen LogP contribution is 2.18. The largest absolute Gasteiger partial charge is 0.491 e. The number of carbonyl (C=O) groups is 1. The first-order chi connectivity index (χ1) is 11.1. The maximum atomic E-state index is 13.7. The molecular formula is C16H19FN2O4. The van der Waals surface area contributed by atoms with Crippen LogP contribution in [0.25, 0.3) is 0 Å². The topological polar surface area (TPSA) is 83.7 Å². The van der Waals surface area contributed by atoms with E-state index < -0.39 is 18.0 Å². The minimum absolute atomic E-state index is 0.0109. The van der Waals surface area contributed by atoms with Crippen molar-refractivity contribution < 1.29 is 23.4 Å². The molecule has 0 aliphatic heterocycles. The van der Waals surface area contributed by atoms with Gasteiger partial charge in [-0.3, -0.25) is 0 Å². The van der Waals surface area contributed by atoms with Crippen molar-refractivity contribution in [2.75, 3.05) is 13.2 Å². The third-order valence-electron chi connectivity index (χ3n) is 3.08. The molecule has 0 saturated carbocycles. The van der Waals surface area contributed by atoms with Gasteiger partial charge in [-0.15, -0.1) is 0 Å². The predicted molar refractivity (Wildman–Crippen MR) is 81.5 cm³/mol. The first-order valence-electron chi connectivity index (χ1n) is 7.24. The average Bonchev–Trinajstić information content (AvgIpc) is 3.07. The zero-order chi connectivity index (χ0) is 16.7. The van der Waals surface area contributed by atoms with Crippen LogP contribution < -0.4 is 15.4 Å². The third kappa shape index (κ3) is 5.00. The molecule has 0 saturated heterocycles. The summed E-state index contributed by atoms with van der Waals surface area (Å²) in [5.74, 6) is 0.0842. The molecule has 0 radical (unpaired) electrons. The lowest BCUT2D eigenvalue weighted by molar-refractivity contribution is 0.148. The maximum absolute atomic E-state index is 13.7. The standard InChI is InChI=1S/C16H19FN2O4/c1-2-22-14-6-5-11(8-12(14)17)9-18-16(21)19-10-13(20)15-4-3-7-23-15/h3-8,13,20H,2,9-10H2,1H3,(H2,18,19,21). The molecule has 2 rings (SSSR count). The van der Waals surface area contributed by atoms with Crippen LogP contribution in [0.2, 0.25) is 0 Å². The van der Waals surface area contributed by atoms with E-state index in [0.29, 0.717) is 17.9 Å². The Morgan fingerprint density at radius 2 is 2.22 bits per heavy atom. The summed E-state index contributed by atoms with van der Waals surface area (Å²) in [4.78, 5) is 11.7. The summed E-state index contributed by atoms with van der Waals surface area (Å²) in [5, 5.41) is 14.8. The number of aliphatic hydroxyl groups excluding tert-OH is 1. The van der Waals surface area contributed by atoms with Crippen LogP contribution in [0.4, 0.5) is 9.18 Å². The molecule has 0 bridgehead atoms. The van der Waals surface area contributed by atoms with Gasteiger partial charge in [-0.2, -0.15) is 0 Å². The number of ether oxygens (including phenoxy) is 1. The van der Waals surface area contributed by atoms with Crippen molar-refractivity contribution >= 4 is 6.03 Å². The summed E-state index contributed by atoms with van der Waals surface area (Å²) < 4.78 is 23.8. The van der Waals surface area contributed by atoms with Gasteiger partial charge in [-0.05, 0) is 36.8 Å². The monoisotopic (exact) mass is 322 g/mol. The van der Waals surface area contributed by atoms with E-state index in [1.54, 1.807) is 25.1 Å². The first kappa shape index (κ1) is 16.8. The van der Waals surface area contributed by atoms with Crippen LogP contribution in [0.1, 0.15) is 24.4 Å². The summed E-state index contributed by atoms with van der Waals surface area (Å²) in [6, 6.07) is 7.31. The van der Waals surface area contributed by atoms with Gasteiger partial charge in [-0.1, -0.05) is 6.07 Å². The lowest BCUT2D eigenvalue weighted by Crippen LogP contribution is -2.37. The zero-order valence-corrected chi connectivity index (χ0v) is 12.7. The number of carbonyl (C=O) groups excluding carboxylic acids is 1. The number of furan rings is 1. The van der Waals surface area contributed by atoms with Crippen LogP contribution in [0, 0.1) is 5.82 Å². The minimum Gasteiger partial charge on any atom is -0.491 e. The normalized spacial score (nSPS) is 11.8. The van der Waals surface area contributed by atoms with Crippen LogP contribution in [-0.2, 0) is 6.54 Å². The predicted octanol–water partition coefficient (Wildman–Crippen LogP) is 2.35. The van der Waals surface area contributed by atoms with Crippen LogP contribution in [0.5, 0.6) is 5.75 Å². The Bertz CT molecular complexity index is 631. The highest BCUT2D eigenvalue weighted by Gasteiger charge is 2.12. The summed E-state index contributed by atoms with van der Waals surface area (Å²) in [6.07, 6.45) is 0.526. The Balaban J connectivity index is 1.77. The Hall–Kier alpha value is -2.54. The van der Waals surface area contributed by atoms with Crippen molar-refractivity contribution in [1.29, 1.82) is 0 Å². The van der Waals surface area contributed by atoms with E-state index in [0.717, 1.165) is 0 Å². The number of benzene rings is 1. The molecule has 0 aliphatic carbocycles. The second-order valence-electron chi connectivity index (χ2n) is 4.79. The van der Waals surface area contributed by atoms with E-state index in [2.05, 4.69) is 10.6 Å². The maximum Gasteiger partial charge on any atom is 0.315 e. The Morgan fingerprint density at radius 1 is 1.39 bits per heavy atom. The van der Waals surface area contributed by atoms with E-state index in [-0.39, 0.29) is 18.8 Å². The summed E-state index contributed by atoms with van der Waals surface area (Å²) in [6.45, 7) is 2.33. The van der Waals surface area contributed by atoms with Crippen molar-refractivity contribution in [3.8, 4) is 5.75 Å². The number of amides is 2. The molecule has 23 heavy (non-hydrogen) atoms. The minimum atomic E-state index is -0.918. The number of halogens is 1. The van der Waals surface area contributed by atoms with Gasteiger partial charge in [0.1, 0.15) is 11.9 Å². The van der Waals surface area contributed by atoms with Crippen molar-refractivity contribution in [2.45, 2.75) is 19.6 Å². The van der Waals surface area contributed by atoms with Crippen molar-refractivity contribution in [3.05, 3.63) is 53.7 Å². The van der Waals surface area contributed by atoms with Crippen molar-refractivity contribution in [2.24, 2.45) is 0 Å². The van der Waals surface area contributed by atoms with Crippen LogP contribution >= 0.6 is 0 Å². The van der Waals surface area contributed by atoms with Gasteiger partial charge < -0.3 is 24.9 Å². The summed E-state index contributed by atoms with van der Waals surface area (Å²) in [5.41, 5.74) is 0.604. The van der Waals surface area contributed by atoms with Gasteiger partial charge in [0, 0.05) is 6.54 Å². The molecule has 3 N–H and O–H groups in total.